The molecule has 0 bridgehead atoms. The van der Waals surface area contributed by atoms with Crippen LogP contribution in [0.4, 0.5) is 5.69 Å². The van der Waals surface area contributed by atoms with Crippen LogP contribution in [0.2, 0.25) is 0 Å². The average molecular weight is 313 g/mol. The Morgan fingerprint density at radius 2 is 1.83 bits per heavy atom. The number of esters is 1. The summed E-state index contributed by atoms with van der Waals surface area (Å²) in [6.07, 6.45) is 0.932. The Bertz CT molecular complexity index is 680. The minimum Gasteiger partial charge on any atom is -0.482 e. The van der Waals surface area contributed by atoms with E-state index >= 15 is 0 Å². The zero-order chi connectivity index (χ0) is 16.7. The van der Waals surface area contributed by atoms with Gasteiger partial charge in [-0.05, 0) is 36.2 Å². The first-order chi connectivity index (χ1) is 11.1. The minimum absolute atomic E-state index is 0.174. The molecule has 0 atom stereocenters. The van der Waals surface area contributed by atoms with E-state index in [9.17, 15) is 9.59 Å². The molecule has 0 aromatic heterocycles. The van der Waals surface area contributed by atoms with E-state index in [1.54, 1.807) is 36.4 Å². The van der Waals surface area contributed by atoms with Gasteiger partial charge in [0, 0.05) is 17.3 Å². The van der Waals surface area contributed by atoms with Crippen molar-refractivity contribution in [2.45, 2.75) is 13.3 Å². The van der Waals surface area contributed by atoms with Gasteiger partial charge in [-0.25, -0.2) is 4.79 Å². The Morgan fingerprint density at radius 1 is 1.09 bits per heavy atom. The van der Waals surface area contributed by atoms with Gasteiger partial charge in [-0.1, -0.05) is 25.1 Å². The van der Waals surface area contributed by atoms with E-state index in [4.69, 9.17) is 4.74 Å². The van der Waals surface area contributed by atoms with Gasteiger partial charge in [0.2, 0.25) is 0 Å². The monoisotopic (exact) mass is 313 g/mol. The maximum atomic E-state index is 12.2. The van der Waals surface area contributed by atoms with Gasteiger partial charge in [-0.2, -0.15) is 0 Å². The molecule has 5 heteroatoms. The van der Waals surface area contributed by atoms with E-state index in [2.05, 4.69) is 17.0 Å². The van der Waals surface area contributed by atoms with Gasteiger partial charge in [0.1, 0.15) is 5.75 Å². The number of ether oxygens (including phenoxy) is 2. The third-order valence-corrected chi connectivity index (χ3v) is 3.30. The molecule has 0 radical (unpaired) electrons. The quantitative estimate of drug-likeness (QED) is 0.833. The highest BCUT2D eigenvalue weighted by atomic mass is 16.6. The van der Waals surface area contributed by atoms with Gasteiger partial charge in [0.15, 0.2) is 6.61 Å². The standard InChI is InChI=1S/C18H19NO4/c1-3-13-7-9-14(10-8-13)18(21)19-15-5-4-6-16(11-15)23-12-17(20)22-2/h4-11H,3,12H2,1-2H3,(H,19,21). The summed E-state index contributed by atoms with van der Waals surface area (Å²) < 4.78 is 9.80. The molecule has 0 aliphatic carbocycles. The molecule has 2 aromatic carbocycles. The van der Waals surface area contributed by atoms with Gasteiger partial charge in [0.25, 0.3) is 5.91 Å². The number of nitrogens with one attached hydrogen (secondary N) is 1. The largest absolute Gasteiger partial charge is 0.482 e. The number of amides is 1. The SMILES string of the molecule is CCc1ccc(C(=O)Nc2cccc(OCC(=O)OC)c2)cc1. The number of rotatable bonds is 6. The maximum Gasteiger partial charge on any atom is 0.343 e. The Kier molecular flexibility index (Phi) is 5.74. The Balaban J connectivity index is 2.01. The lowest BCUT2D eigenvalue weighted by Gasteiger charge is -2.09. The van der Waals surface area contributed by atoms with Crippen LogP contribution in [0.15, 0.2) is 48.5 Å². The van der Waals surface area contributed by atoms with Crippen LogP contribution in [-0.4, -0.2) is 25.6 Å². The molecule has 0 unspecified atom stereocenters. The number of benzene rings is 2. The van der Waals surface area contributed by atoms with Crippen molar-refractivity contribution in [2.24, 2.45) is 0 Å². The summed E-state index contributed by atoms with van der Waals surface area (Å²) in [7, 11) is 1.30. The number of carbonyl (C=O) groups is 2. The predicted octanol–water partition coefficient (Wildman–Crippen LogP) is 3.05. The topological polar surface area (TPSA) is 64.6 Å². The number of anilines is 1. The molecule has 2 rings (SSSR count). The molecule has 0 aliphatic rings. The van der Waals surface area contributed by atoms with Crippen LogP contribution in [-0.2, 0) is 16.0 Å². The third kappa shape index (κ3) is 4.85. The molecule has 0 aliphatic heterocycles. The molecule has 5 nitrogen and oxygen atoms in total. The second kappa shape index (κ2) is 7.98. The van der Waals surface area contributed by atoms with Crippen molar-refractivity contribution < 1.29 is 19.1 Å². The highest BCUT2D eigenvalue weighted by molar-refractivity contribution is 6.04. The fourth-order valence-electron chi connectivity index (χ4n) is 1.96. The smallest absolute Gasteiger partial charge is 0.343 e. The van der Waals surface area contributed by atoms with Crippen LogP contribution in [0, 0.1) is 0 Å². The number of carbonyl (C=O) groups excluding carboxylic acids is 2. The summed E-state index contributed by atoms with van der Waals surface area (Å²) in [5, 5.41) is 2.80. The Labute approximate surface area is 135 Å². The molecule has 0 spiro atoms. The number of hydrogen-bond acceptors (Lipinski definition) is 4. The minimum atomic E-state index is -0.463. The first kappa shape index (κ1) is 16.5. The van der Waals surface area contributed by atoms with Crippen LogP contribution in [0.3, 0.4) is 0 Å². The third-order valence-electron chi connectivity index (χ3n) is 3.30. The zero-order valence-electron chi connectivity index (χ0n) is 13.2. The molecular weight excluding hydrogens is 294 g/mol. The van der Waals surface area contributed by atoms with Crippen molar-refractivity contribution in [3.8, 4) is 5.75 Å². The summed E-state index contributed by atoms with van der Waals surface area (Å²) in [6, 6.07) is 14.3. The summed E-state index contributed by atoms with van der Waals surface area (Å²) >= 11 is 0. The van der Waals surface area contributed by atoms with Crippen molar-refractivity contribution in [3.63, 3.8) is 0 Å². The van der Waals surface area contributed by atoms with Gasteiger partial charge >= 0.3 is 5.97 Å². The van der Waals surface area contributed by atoms with E-state index in [0.29, 0.717) is 17.0 Å². The van der Waals surface area contributed by atoms with Crippen molar-refractivity contribution in [1.82, 2.24) is 0 Å². The molecule has 1 N–H and O–H groups in total. The van der Waals surface area contributed by atoms with Gasteiger partial charge in [-0.15, -0.1) is 0 Å². The lowest BCUT2D eigenvalue weighted by molar-refractivity contribution is -0.142. The van der Waals surface area contributed by atoms with E-state index in [-0.39, 0.29) is 12.5 Å². The first-order valence-electron chi connectivity index (χ1n) is 7.32. The summed E-state index contributed by atoms with van der Waals surface area (Å²) in [5.74, 6) is -0.178. The van der Waals surface area contributed by atoms with Crippen LogP contribution >= 0.6 is 0 Å². The second-order valence-electron chi connectivity index (χ2n) is 4.90. The van der Waals surface area contributed by atoms with Crippen LogP contribution in [0.25, 0.3) is 0 Å². The van der Waals surface area contributed by atoms with E-state index in [0.717, 1.165) is 6.42 Å². The summed E-state index contributed by atoms with van der Waals surface area (Å²) in [6.45, 7) is 1.89. The lowest BCUT2D eigenvalue weighted by Crippen LogP contribution is -2.13. The molecule has 23 heavy (non-hydrogen) atoms. The summed E-state index contributed by atoms with van der Waals surface area (Å²) in [4.78, 5) is 23.3. The highest BCUT2D eigenvalue weighted by Crippen LogP contribution is 2.18. The fraction of sp³-hybridized carbons (Fsp3) is 0.222. The molecule has 0 fully saturated rings. The van der Waals surface area contributed by atoms with E-state index in [1.165, 1.54) is 12.7 Å². The fourth-order valence-corrected chi connectivity index (χ4v) is 1.96. The molecule has 0 saturated heterocycles. The van der Waals surface area contributed by atoms with Crippen LogP contribution < -0.4 is 10.1 Å². The highest BCUT2D eigenvalue weighted by Gasteiger charge is 2.07. The van der Waals surface area contributed by atoms with Gasteiger partial charge < -0.3 is 14.8 Å². The van der Waals surface area contributed by atoms with E-state index < -0.39 is 5.97 Å². The molecule has 0 heterocycles. The predicted molar refractivity (Wildman–Crippen MR) is 87.7 cm³/mol. The van der Waals surface area contributed by atoms with Gasteiger partial charge in [0.05, 0.1) is 7.11 Å². The van der Waals surface area contributed by atoms with E-state index in [1.807, 2.05) is 12.1 Å². The average Bonchev–Trinajstić information content (AvgIpc) is 2.60. The normalized spacial score (nSPS) is 10.0. The Hall–Kier alpha value is -2.82. The summed E-state index contributed by atoms with van der Waals surface area (Å²) in [5.41, 5.74) is 2.36. The molecular formula is C18H19NO4. The second-order valence-corrected chi connectivity index (χ2v) is 4.90. The lowest BCUT2D eigenvalue weighted by atomic mass is 10.1. The number of aryl methyl sites for hydroxylation is 1. The van der Waals surface area contributed by atoms with Crippen molar-refractivity contribution in [1.29, 1.82) is 0 Å². The first-order valence-corrected chi connectivity index (χ1v) is 7.32. The molecule has 120 valence electrons. The van der Waals surface area contributed by atoms with Crippen LogP contribution in [0.1, 0.15) is 22.8 Å². The zero-order valence-corrected chi connectivity index (χ0v) is 13.2. The van der Waals surface area contributed by atoms with Gasteiger partial charge in [-0.3, -0.25) is 4.79 Å². The van der Waals surface area contributed by atoms with Crippen LogP contribution in [0.5, 0.6) is 5.75 Å². The number of methoxy groups -OCH3 is 1. The van der Waals surface area contributed by atoms with Crippen molar-refractivity contribution in [2.75, 3.05) is 19.0 Å². The van der Waals surface area contributed by atoms with Crippen molar-refractivity contribution in [3.05, 3.63) is 59.7 Å². The number of hydrogen-bond donors (Lipinski definition) is 1. The Morgan fingerprint density at radius 3 is 2.48 bits per heavy atom. The molecule has 2 aromatic rings. The van der Waals surface area contributed by atoms with Crippen molar-refractivity contribution >= 4 is 17.6 Å². The maximum absolute atomic E-state index is 12.2. The molecule has 0 saturated carbocycles. The molecule has 1 amide bonds.